The minimum Gasteiger partial charge on any atom is -0.368 e. The van der Waals surface area contributed by atoms with E-state index in [1.54, 1.807) is 0 Å². The predicted molar refractivity (Wildman–Crippen MR) is 67.0 cm³/mol. The zero-order chi connectivity index (χ0) is 12.8. The lowest BCUT2D eigenvalue weighted by Crippen LogP contribution is -2.25. The van der Waals surface area contributed by atoms with Gasteiger partial charge in [-0.3, -0.25) is 14.3 Å². The quantitative estimate of drug-likeness (QED) is 0.575. The van der Waals surface area contributed by atoms with Gasteiger partial charge in [-0.05, 0) is 29.3 Å². The van der Waals surface area contributed by atoms with E-state index in [0.717, 1.165) is 28.8 Å². The zero-order valence-electron chi connectivity index (χ0n) is 9.99. The molecule has 96 valence electrons. The number of aromatic nitrogens is 2. The number of hydrogen-bond acceptors (Lipinski definition) is 4. The second kappa shape index (κ2) is 6.73. The van der Waals surface area contributed by atoms with Crippen molar-refractivity contribution in [2.24, 2.45) is 5.73 Å². The molecule has 0 saturated heterocycles. The van der Waals surface area contributed by atoms with E-state index >= 15 is 0 Å². The van der Waals surface area contributed by atoms with Gasteiger partial charge in [-0.15, -0.1) is 0 Å². The molecule has 0 aliphatic heterocycles. The third-order valence-corrected chi connectivity index (χ3v) is 3.17. The van der Waals surface area contributed by atoms with Gasteiger partial charge < -0.3 is 5.73 Å². The number of nitrogens with two attached hydrogens (primary N) is 1. The summed E-state index contributed by atoms with van der Waals surface area (Å²) in [6, 6.07) is 0. The van der Waals surface area contributed by atoms with Crippen LogP contribution >= 0.6 is 15.9 Å². The Balaban J connectivity index is 2.62. The molecular weight excluding hydrogens is 288 g/mol. The average Bonchev–Trinajstić information content (AvgIpc) is 2.61. The largest absolute Gasteiger partial charge is 0.368 e. The summed E-state index contributed by atoms with van der Waals surface area (Å²) in [5.41, 5.74) is 9.65. The third kappa shape index (κ3) is 3.79. The number of hydroxylamine groups is 1. The van der Waals surface area contributed by atoms with Crippen LogP contribution < -0.4 is 11.2 Å². The van der Waals surface area contributed by atoms with Crippen LogP contribution in [0, 0.1) is 0 Å². The predicted octanol–water partition coefficient (Wildman–Crippen LogP) is 0.734. The van der Waals surface area contributed by atoms with Gasteiger partial charge in [0, 0.05) is 6.54 Å². The van der Waals surface area contributed by atoms with Gasteiger partial charge in [-0.1, -0.05) is 6.92 Å². The van der Waals surface area contributed by atoms with E-state index in [9.17, 15) is 4.79 Å². The van der Waals surface area contributed by atoms with Crippen LogP contribution in [0.3, 0.4) is 0 Å². The van der Waals surface area contributed by atoms with Gasteiger partial charge in [0.15, 0.2) is 0 Å². The molecule has 1 rings (SSSR count). The van der Waals surface area contributed by atoms with Crippen LogP contribution in [0.5, 0.6) is 0 Å². The number of primary amides is 1. The first-order valence-corrected chi connectivity index (χ1v) is 6.26. The Morgan fingerprint density at radius 3 is 2.82 bits per heavy atom. The summed E-state index contributed by atoms with van der Waals surface area (Å²) < 4.78 is 2.88. The first kappa shape index (κ1) is 14.1. The van der Waals surface area contributed by atoms with Gasteiger partial charge in [0.25, 0.3) is 0 Å². The highest BCUT2D eigenvalue weighted by Gasteiger charge is 2.13. The molecule has 3 N–H and O–H groups in total. The summed E-state index contributed by atoms with van der Waals surface area (Å²) in [5.74, 6) is -0.505. The molecule has 17 heavy (non-hydrogen) atoms. The van der Waals surface area contributed by atoms with Gasteiger partial charge in [0.1, 0.15) is 6.61 Å². The van der Waals surface area contributed by atoms with Crippen molar-refractivity contribution in [2.45, 2.75) is 33.4 Å². The highest BCUT2D eigenvalue weighted by atomic mass is 79.9. The molecule has 0 unspecified atom stereocenters. The molecule has 0 aliphatic rings. The minimum absolute atomic E-state index is 0.140. The van der Waals surface area contributed by atoms with E-state index in [-0.39, 0.29) is 6.61 Å². The van der Waals surface area contributed by atoms with Crippen LogP contribution in [0.25, 0.3) is 0 Å². The summed E-state index contributed by atoms with van der Waals surface area (Å²) in [6.07, 6.45) is 0.864. The molecule has 0 aliphatic carbocycles. The normalized spacial score (nSPS) is 10.8. The highest BCUT2D eigenvalue weighted by molar-refractivity contribution is 9.10. The van der Waals surface area contributed by atoms with E-state index < -0.39 is 5.91 Å². The lowest BCUT2D eigenvalue weighted by molar-refractivity contribution is -0.125. The first-order chi connectivity index (χ1) is 8.10. The molecule has 1 heterocycles. The summed E-state index contributed by atoms with van der Waals surface area (Å²) in [7, 11) is 0. The van der Waals surface area contributed by atoms with Crippen molar-refractivity contribution in [3.63, 3.8) is 0 Å². The maximum Gasteiger partial charge on any atom is 0.245 e. The van der Waals surface area contributed by atoms with Gasteiger partial charge in [0.2, 0.25) is 5.91 Å². The fourth-order valence-corrected chi connectivity index (χ4v) is 2.13. The molecule has 0 radical (unpaired) electrons. The van der Waals surface area contributed by atoms with E-state index in [1.165, 1.54) is 0 Å². The second-order valence-corrected chi connectivity index (χ2v) is 4.25. The summed E-state index contributed by atoms with van der Waals surface area (Å²) in [6.45, 7) is 5.18. The molecule has 0 atom stereocenters. The number of aryl methyl sites for hydroxylation is 2. The molecule has 6 nitrogen and oxygen atoms in total. The molecule has 0 bridgehead atoms. The van der Waals surface area contributed by atoms with Gasteiger partial charge >= 0.3 is 0 Å². The van der Waals surface area contributed by atoms with Crippen LogP contribution in [0.2, 0.25) is 0 Å². The molecule has 1 amide bonds. The van der Waals surface area contributed by atoms with Crippen molar-refractivity contribution >= 4 is 21.8 Å². The molecule has 0 fully saturated rings. The van der Waals surface area contributed by atoms with Gasteiger partial charge in [-0.2, -0.15) is 10.6 Å². The third-order valence-electron chi connectivity index (χ3n) is 2.25. The minimum atomic E-state index is -0.505. The fraction of sp³-hybridized carbons (Fsp3) is 0.600. The number of carbonyl (C=O) groups excluding carboxylic acids is 1. The van der Waals surface area contributed by atoms with E-state index in [4.69, 9.17) is 10.6 Å². The Morgan fingerprint density at radius 2 is 2.29 bits per heavy atom. The van der Waals surface area contributed by atoms with Crippen molar-refractivity contribution in [1.29, 1.82) is 0 Å². The Morgan fingerprint density at radius 1 is 1.59 bits per heavy atom. The fourth-order valence-electron chi connectivity index (χ4n) is 1.43. The molecule has 0 aromatic carbocycles. The van der Waals surface area contributed by atoms with E-state index in [1.807, 2.05) is 18.5 Å². The summed E-state index contributed by atoms with van der Waals surface area (Å²) in [4.78, 5) is 15.4. The lowest BCUT2D eigenvalue weighted by Gasteiger charge is -2.06. The number of hydrogen-bond donors (Lipinski definition) is 2. The highest BCUT2D eigenvalue weighted by Crippen LogP contribution is 2.22. The second-order valence-electron chi connectivity index (χ2n) is 3.45. The van der Waals surface area contributed by atoms with Crippen molar-refractivity contribution in [3.05, 3.63) is 15.9 Å². The Kier molecular flexibility index (Phi) is 5.60. The van der Waals surface area contributed by atoms with Crippen molar-refractivity contribution in [3.8, 4) is 0 Å². The van der Waals surface area contributed by atoms with Crippen LogP contribution in [0.1, 0.15) is 25.2 Å². The van der Waals surface area contributed by atoms with Gasteiger partial charge in [-0.25, -0.2) is 0 Å². The number of carbonyl (C=O) groups is 1. The van der Waals surface area contributed by atoms with Crippen molar-refractivity contribution in [2.75, 3.05) is 6.61 Å². The maximum absolute atomic E-state index is 10.5. The van der Waals surface area contributed by atoms with Crippen LogP contribution in [-0.2, 0) is 29.1 Å². The number of halogens is 1. The molecule has 1 aromatic heterocycles. The monoisotopic (exact) mass is 304 g/mol. The topological polar surface area (TPSA) is 82.2 Å². The number of nitrogens with one attached hydrogen (secondary N) is 1. The Labute approximate surface area is 109 Å². The Hall–Kier alpha value is -0.920. The zero-order valence-corrected chi connectivity index (χ0v) is 11.6. The molecular formula is C10H17BrN4O2. The summed E-state index contributed by atoms with van der Waals surface area (Å²) >= 11 is 3.51. The van der Waals surface area contributed by atoms with Crippen LogP contribution in [0.4, 0.5) is 0 Å². The summed E-state index contributed by atoms with van der Waals surface area (Å²) in [5, 5.41) is 4.44. The number of nitrogens with zero attached hydrogens (tertiary/aromatic N) is 2. The van der Waals surface area contributed by atoms with E-state index in [2.05, 4.69) is 26.5 Å². The molecule has 0 saturated carbocycles. The Bertz CT molecular complexity index is 392. The van der Waals surface area contributed by atoms with Crippen molar-refractivity contribution < 1.29 is 9.63 Å². The van der Waals surface area contributed by atoms with Crippen molar-refractivity contribution in [1.82, 2.24) is 15.3 Å². The standard InChI is InChI=1S/C10H17BrN4O2/c1-3-7-10(11)8(15(4-2)14-7)5-13-17-6-9(12)16/h13H,3-6H2,1-2H3,(H2,12,16). The molecule has 0 spiro atoms. The maximum atomic E-state index is 10.5. The lowest BCUT2D eigenvalue weighted by atomic mass is 10.3. The average molecular weight is 305 g/mol. The van der Waals surface area contributed by atoms with Crippen LogP contribution in [0.15, 0.2) is 4.47 Å². The van der Waals surface area contributed by atoms with E-state index in [0.29, 0.717) is 6.54 Å². The molecule has 1 aromatic rings. The SMILES string of the molecule is CCc1nn(CC)c(CNOCC(N)=O)c1Br. The number of rotatable bonds is 7. The van der Waals surface area contributed by atoms with Crippen LogP contribution in [-0.4, -0.2) is 22.3 Å². The van der Waals surface area contributed by atoms with Gasteiger partial charge in [0.05, 0.1) is 22.4 Å². The first-order valence-electron chi connectivity index (χ1n) is 5.47. The smallest absolute Gasteiger partial charge is 0.245 e. The molecule has 7 heteroatoms. The number of amides is 1.